The van der Waals surface area contributed by atoms with Crippen LogP contribution in [0.2, 0.25) is 0 Å². The van der Waals surface area contributed by atoms with E-state index in [1.165, 1.54) is 23.0 Å². The number of pyridine rings is 1. The number of nitrogens with two attached hydrogens (primary N) is 1. The van der Waals surface area contributed by atoms with Crippen molar-refractivity contribution in [3.05, 3.63) is 65.5 Å². The predicted octanol–water partition coefficient (Wildman–Crippen LogP) is 3.64. The second-order valence-corrected chi connectivity index (χ2v) is 7.93. The van der Waals surface area contributed by atoms with E-state index < -0.39 is 23.0 Å². The lowest BCUT2D eigenvalue weighted by Crippen LogP contribution is -2.32. The van der Waals surface area contributed by atoms with Gasteiger partial charge in [-0.05, 0) is 39.0 Å². The van der Waals surface area contributed by atoms with Crippen molar-refractivity contribution in [3.8, 4) is 11.5 Å². The fourth-order valence-corrected chi connectivity index (χ4v) is 3.53. The monoisotopic (exact) mass is 452 g/mol. The van der Waals surface area contributed by atoms with E-state index in [4.69, 9.17) is 10.5 Å². The maximum atomic E-state index is 14.2. The quantitative estimate of drug-likeness (QED) is 0.445. The van der Waals surface area contributed by atoms with Crippen molar-refractivity contribution in [2.24, 2.45) is 0 Å². The Labute approximate surface area is 188 Å². The van der Waals surface area contributed by atoms with E-state index in [9.17, 15) is 13.6 Å². The molecule has 0 unspecified atom stereocenters. The molecular formula is C23H22F2N6O2. The first-order valence-corrected chi connectivity index (χ1v) is 10.3. The van der Waals surface area contributed by atoms with Gasteiger partial charge in [-0.2, -0.15) is 5.10 Å². The van der Waals surface area contributed by atoms with Crippen LogP contribution in [0, 0.1) is 11.6 Å². The molecule has 0 bridgehead atoms. The molecule has 33 heavy (non-hydrogen) atoms. The molecule has 8 nitrogen and oxygen atoms in total. The van der Waals surface area contributed by atoms with Crippen molar-refractivity contribution < 1.29 is 18.3 Å². The molecular weight excluding hydrogens is 430 g/mol. The van der Waals surface area contributed by atoms with E-state index in [1.807, 2.05) is 0 Å². The third kappa shape index (κ3) is 3.99. The lowest BCUT2D eigenvalue weighted by Gasteiger charge is -2.23. The standard InChI is InChI=1S/C23H22F2N6O2/c1-4-33-22(32)23(2,3)15-11-28-20(29-19(15)26)18-14-8-6-10-27-21(14)31(30-18)12-13-7-5-9-16(24)17(13)25/h5-11H,4,12H2,1-3H3,(H2,26,28,29). The van der Waals surface area contributed by atoms with Gasteiger partial charge in [-0.3, -0.25) is 4.79 Å². The van der Waals surface area contributed by atoms with Crippen molar-refractivity contribution in [2.75, 3.05) is 12.3 Å². The SMILES string of the molecule is CCOC(=O)C(C)(C)c1cnc(-c2nn(Cc3cccc(F)c3F)c3ncccc23)nc1N. The Morgan fingerprint density at radius 2 is 1.97 bits per heavy atom. The van der Waals surface area contributed by atoms with E-state index in [0.29, 0.717) is 22.3 Å². The van der Waals surface area contributed by atoms with Gasteiger partial charge in [0, 0.05) is 23.5 Å². The normalized spacial score (nSPS) is 11.7. The number of hydrogen-bond donors (Lipinski definition) is 1. The van der Waals surface area contributed by atoms with Crippen LogP contribution in [0.1, 0.15) is 31.9 Å². The van der Waals surface area contributed by atoms with Crippen molar-refractivity contribution in [3.63, 3.8) is 0 Å². The smallest absolute Gasteiger partial charge is 0.316 e. The van der Waals surface area contributed by atoms with Gasteiger partial charge in [0.1, 0.15) is 11.5 Å². The number of carbonyl (C=O) groups is 1. The maximum absolute atomic E-state index is 14.2. The Morgan fingerprint density at radius 3 is 2.70 bits per heavy atom. The van der Waals surface area contributed by atoms with E-state index in [2.05, 4.69) is 20.1 Å². The van der Waals surface area contributed by atoms with Crippen LogP contribution in [0.4, 0.5) is 14.6 Å². The molecule has 4 rings (SSSR count). The van der Waals surface area contributed by atoms with Gasteiger partial charge in [0.25, 0.3) is 0 Å². The third-order valence-corrected chi connectivity index (χ3v) is 5.35. The van der Waals surface area contributed by atoms with Crippen molar-refractivity contribution >= 4 is 22.8 Å². The molecule has 0 aliphatic rings. The molecule has 0 saturated heterocycles. The molecule has 0 aliphatic carbocycles. The lowest BCUT2D eigenvalue weighted by atomic mass is 9.86. The number of halogens is 2. The molecule has 3 heterocycles. The van der Waals surface area contributed by atoms with Gasteiger partial charge in [-0.15, -0.1) is 0 Å². The summed E-state index contributed by atoms with van der Waals surface area (Å²) >= 11 is 0. The second kappa shape index (κ2) is 8.53. The average molecular weight is 452 g/mol. The van der Waals surface area contributed by atoms with E-state index in [1.54, 1.807) is 39.1 Å². The van der Waals surface area contributed by atoms with Crippen LogP contribution in [0.15, 0.2) is 42.7 Å². The fraction of sp³-hybridized carbons (Fsp3) is 0.261. The first kappa shape index (κ1) is 22.3. The predicted molar refractivity (Wildman–Crippen MR) is 118 cm³/mol. The van der Waals surface area contributed by atoms with Gasteiger partial charge in [0.05, 0.1) is 24.0 Å². The Bertz CT molecular complexity index is 1350. The molecule has 0 atom stereocenters. The number of esters is 1. The van der Waals surface area contributed by atoms with E-state index in [0.717, 1.165) is 6.07 Å². The van der Waals surface area contributed by atoms with E-state index in [-0.39, 0.29) is 30.4 Å². The van der Waals surface area contributed by atoms with Gasteiger partial charge in [-0.25, -0.2) is 28.4 Å². The highest BCUT2D eigenvalue weighted by Crippen LogP contribution is 2.31. The van der Waals surface area contributed by atoms with Gasteiger partial charge < -0.3 is 10.5 Å². The first-order chi connectivity index (χ1) is 15.7. The molecule has 3 aromatic heterocycles. The summed E-state index contributed by atoms with van der Waals surface area (Å²) in [6.07, 6.45) is 3.05. The summed E-state index contributed by atoms with van der Waals surface area (Å²) in [6, 6.07) is 7.47. The maximum Gasteiger partial charge on any atom is 0.316 e. The Morgan fingerprint density at radius 1 is 1.18 bits per heavy atom. The zero-order chi connectivity index (χ0) is 23.8. The first-order valence-electron chi connectivity index (χ1n) is 10.3. The minimum absolute atomic E-state index is 0.0411. The van der Waals surface area contributed by atoms with Crippen LogP contribution >= 0.6 is 0 Å². The second-order valence-electron chi connectivity index (χ2n) is 7.93. The summed E-state index contributed by atoms with van der Waals surface area (Å²) in [4.78, 5) is 25.5. The van der Waals surface area contributed by atoms with Gasteiger partial charge >= 0.3 is 5.97 Å². The molecule has 4 aromatic rings. The van der Waals surface area contributed by atoms with Gasteiger partial charge in [0.2, 0.25) is 0 Å². The number of anilines is 1. The number of aromatic nitrogens is 5. The number of fused-ring (bicyclic) bond motifs is 1. The molecule has 0 fully saturated rings. The van der Waals surface area contributed by atoms with Gasteiger partial charge in [0.15, 0.2) is 23.1 Å². The zero-order valence-corrected chi connectivity index (χ0v) is 18.3. The number of carbonyl (C=O) groups excluding carboxylic acids is 1. The Hall–Kier alpha value is -3.95. The highest BCUT2D eigenvalue weighted by Gasteiger charge is 2.34. The molecule has 0 saturated carbocycles. The molecule has 2 N–H and O–H groups in total. The van der Waals surface area contributed by atoms with Crippen molar-refractivity contribution in [1.29, 1.82) is 0 Å². The highest BCUT2D eigenvalue weighted by molar-refractivity contribution is 5.89. The van der Waals surface area contributed by atoms with Crippen LogP contribution in [0.5, 0.6) is 0 Å². The Balaban J connectivity index is 1.77. The summed E-state index contributed by atoms with van der Waals surface area (Å²) in [5, 5.41) is 5.13. The minimum atomic E-state index is -1.05. The highest BCUT2D eigenvalue weighted by atomic mass is 19.2. The number of hydrogen-bond acceptors (Lipinski definition) is 7. The number of ether oxygens (including phenoxy) is 1. The van der Waals surface area contributed by atoms with Crippen LogP contribution in [-0.4, -0.2) is 37.3 Å². The Kier molecular flexibility index (Phi) is 5.75. The summed E-state index contributed by atoms with van der Waals surface area (Å²) in [5.41, 5.74) is 6.53. The number of nitrogens with zero attached hydrogens (tertiary/aromatic N) is 5. The van der Waals surface area contributed by atoms with Gasteiger partial charge in [-0.1, -0.05) is 12.1 Å². The van der Waals surface area contributed by atoms with Crippen LogP contribution in [0.3, 0.4) is 0 Å². The van der Waals surface area contributed by atoms with Crippen LogP contribution < -0.4 is 5.73 Å². The number of benzene rings is 1. The molecule has 1 aromatic carbocycles. The lowest BCUT2D eigenvalue weighted by molar-refractivity contribution is -0.148. The summed E-state index contributed by atoms with van der Waals surface area (Å²) < 4.78 is 34.5. The average Bonchev–Trinajstić information content (AvgIpc) is 3.15. The molecule has 10 heteroatoms. The molecule has 0 spiro atoms. The summed E-state index contributed by atoms with van der Waals surface area (Å²) in [7, 11) is 0. The third-order valence-electron chi connectivity index (χ3n) is 5.35. The number of rotatable bonds is 6. The van der Waals surface area contributed by atoms with Crippen LogP contribution in [-0.2, 0) is 21.5 Å². The molecule has 0 amide bonds. The number of nitrogen functional groups attached to an aromatic ring is 1. The molecule has 0 radical (unpaired) electrons. The largest absolute Gasteiger partial charge is 0.465 e. The fourth-order valence-electron chi connectivity index (χ4n) is 3.53. The minimum Gasteiger partial charge on any atom is -0.465 e. The summed E-state index contributed by atoms with van der Waals surface area (Å²) in [6.45, 7) is 5.29. The van der Waals surface area contributed by atoms with Crippen molar-refractivity contribution in [2.45, 2.75) is 32.7 Å². The molecule has 170 valence electrons. The van der Waals surface area contributed by atoms with E-state index >= 15 is 0 Å². The van der Waals surface area contributed by atoms with Crippen LogP contribution in [0.25, 0.3) is 22.6 Å². The topological polar surface area (TPSA) is 109 Å². The van der Waals surface area contributed by atoms with Crippen molar-refractivity contribution in [1.82, 2.24) is 24.7 Å². The summed E-state index contributed by atoms with van der Waals surface area (Å²) in [5.74, 6) is -1.99. The zero-order valence-electron chi connectivity index (χ0n) is 18.3. The molecule has 0 aliphatic heterocycles.